The fourth-order valence-corrected chi connectivity index (χ4v) is 1.93. The third-order valence-corrected chi connectivity index (χ3v) is 3.29. The van der Waals surface area contributed by atoms with Crippen molar-refractivity contribution in [1.82, 2.24) is 0 Å². The molecule has 3 N–H and O–H groups in total. The maximum Gasteiger partial charge on any atom is 0.335 e. The Kier molecular flexibility index (Phi) is 4.73. The highest BCUT2D eigenvalue weighted by atomic mass is 127. The number of anilines is 2. The van der Waals surface area contributed by atoms with Crippen molar-refractivity contribution in [2.75, 3.05) is 10.6 Å². The smallest absolute Gasteiger partial charge is 0.335 e. The van der Waals surface area contributed by atoms with Gasteiger partial charge in [0.15, 0.2) is 0 Å². The van der Waals surface area contributed by atoms with Crippen LogP contribution < -0.4 is 10.6 Å². The summed E-state index contributed by atoms with van der Waals surface area (Å²) < 4.78 is 14.7. The predicted octanol–water partition coefficient (Wildman–Crippen LogP) is 3.77. The van der Waals surface area contributed by atoms with Gasteiger partial charge >= 0.3 is 12.0 Å². The van der Waals surface area contributed by atoms with Crippen molar-refractivity contribution in [3.63, 3.8) is 0 Å². The zero-order valence-electron chi connectivity index (χ0n) is 10.6. The molecule has 0 saturated heterocycles. The van der Waals surface area contributed by atoms with E-state index in [4.69, 9.17) is 5.11 Å². The lowest BCUT2D eigenvalue weighted by Crippen LogP contribution is -2.20. The summed E-state index contributed by atoms with van der Waals surface area (Å²) in [5.74, 6) is -2.04. The summed E-state index contributed by atoms with van der Waals surface area (Å²) in [7, 11) is 0. The van der Waals surface area contributed by atoms with Crippen LogP contribution in [0.3, 0.4) is 0 Å². The molecule has 21 heavy (non-hydrogen) atoms. The van der Waals surface area contributed by atoms with E-state index in [-0.39, 0.29) is 11.3 Å². The normalized spacial score (nSPS) is 10.0. The number of nitrogens with one attached hydrogen (secondary N) is 2. The third-order valence-electron chi connectivity index (χ3n) is 2.57. The molecule has 0 aromatic heterocycles. The minimum absolute atomic E-state index is 0.0944. The molecule has 2 aromatic rings. The Balaban J connectivity index is 2.06. The molecule has 0 aliphatic carbocycles. The minimum atomic E-state index is -1.23. The Bertz CT molecular complexity index is 689. The van der Waals surface area contributed by atoms with Crippen LogP contribution in [0.25, 0.3) is 0 Å². The van der Waals surface area contributed by atoms with Crippen LogP contribution in [0.2, 0.25) is 0 Å². The predicted molar refractivity (Wildman–Crippen MR) is 85.2 cm³/mol. The molecule has 0 fully saturated rings. The number of halogens is 2. The van der Waals surface area contributed by atoms with E-state index >= 15 is 0 Å². The molecular weight excluding hydrogens is 390 g/mol. The quantitative estimate of drug-likeness (QED) is 0.687. The fraction of sp³-hybridized carbons (Fsp3) is 0. The molecule has 0 spiro atoms. The maximum absolute atomic E-state index is 13.7. The second-order valence-corrected chi connectivity index (χ2v) is 5.33. The van der Waals surface area contributed by atoms with Crippen molar-refractivity contribution in [2.24, 2.45) is 0 Å². The molecule has 0 aliphatic heterocycles. The molecule has 0 heterocycles. The standard InChI is InChI=1S/C14H10FIN2O3/c15-11-7-8(13(19)20)1-6-12(11)18-14(21)17-10-4-2-9(16)3-5-10/h1-7H,(H,19,20)(H2,17,18,21). The van der Waals surface area contributed by atoms with Gasteiger partial charge in [0, 0.05) is 9.26 Å². The molecule has 2 amide bonds. The zero-order valence-corrected chi connectivity index (χ0v) is 12.7. The van der Waals surface area contributed by atoms with Gasteiger partial charge in [0.05, 0.1) is 11.3 Å². The maximum atomic E-state index is 13.7. The third kappa shape index (κ3) is 4.15. The van der Waals surface area contributed by atoms with Gasteiger partial charge in [-0.3, -0.25) is 0 Å². The first kappa shape index (κ1) is 15.2. The van der Waals surface area contributed by atoms with E-state index in [1.54, 1.807) is 12.1 Å². The molecule has 0 saturated carbocycles. The van der Waals surface area contributed by atoms with Gasteiger partial charge < -0.3 is 15.7 Å². The van der Waals surface area contributed by atoms with Crippen LogP contribution in [0.1, 0.15) is 10.4 Å². The fourth-order valence-electron chi connectivity index (χ4n) is 1.57. The number of carbonyl (C=O) groups is 2. The largest absolute Gasteiger partial charge is 0.478 e. The molecule has 0 atom stereocenters. The highest BCUT2D eigenvalue weighted by Gasteiger charge is 2.10. The van der Waals surface area contributed by atoms with Crippen molar-refractivity contribution < 1.29 is 19.1 Å². The minimum Gasteiger partial charge on any atom is -0.478 e. The van der Waals surface area contributed by atoms with Gasteiger partial charge in [0.2, 0.25) is 0 Å². The summed E-state index contributed by atoms with van der Waals surface area (Å²) in [6.07, 6.45) is 0. The first-order valence-corrected chi connectivity index (χ1v) is 6.90. The van der Waals surface area contributed by atoms with Crippen LogP contribution in [-0.4, -0.2) is 17.1 Å². The number of hydrogen-bond donors (Lipinski definition) is 3. The van der Waals surface area contributed by atoms with Crippen molar-refractivity contribution in [2.45, 2.75) is 0 Å². The summed E-state index contributed by atoms with van der Waals surface area (Å²) >= 11 is 2.14. The Morgan fingerprint density at radius 2 is 1.71 bits per heavy atom. The van der Waals surface area contributed by atoms with Crippen molar-refractivity contribution in [3.8, 4) is 0 Å². The zero-order chi connectivity index (χ0) is 15.4. The second-order valence-electron chi connectivity index (χ2n) is 4.09. The molecular formula is C14H10FIN2O3. The number of carboxylic acid groups (broad SMARTS) is 1. The summed E-state index contributed by atoms with van der Waals surface area (Å²) in [5.41, 5.74) is 0.287. The molecule has 0 aliphatic rings. The molecule has 0 radical (unpaired) electrons. The van der Waals surface area contributed by atoms with Crippen LogP contribution in [0, 0.1) is 9.39 Å². The number of aromatic carboxylic acids is 1. The number of carboxylic acids is 1. The first-order valence-electron chi connectivity index (χ1n) is 5.82. The van der Waals surface area contributed by atoms with E-state index < -0.39 is 17.8 Å². The van der Waals surface area contributed by atoms with E-state index in [2.05, 4.69) is 33.2 Å². The molecule has 2 aromatic carbocycles. The van der Waals surface area contributed by atoms with Gasteiger partial charge in [-0.2, -0.15) is 0 Å². The SMILES string of the molecule is O=C(Nc1ccc(I)cc1)Nc1ccc(C(=O)O)cc1F. The van der Waals surface area contributed by atoms with Gasteiger partial charge in [-0.25, -0.2) is 14.0 Å². The van der Waals surface area contributed by atoms with Gasteiger partial charge in [-0.05, 0) is 65.1 Å². The highest BCUT2D eigenvalue weighted by Crippen LogP contribution is 2.17. The van der Waals surface area contributed by atoms with Gasteiger partial charge in [-0.15, -0.1) is 0 Å². The van der Waals surface area contributed by atoms with Gasteiger partial charge in [0.25, 0.3) is 0 Å². The monoisotopic (exact) mass is 400 g/mol. The van der Waals surface area contributed by atoms with E-state index in [0.29, 0.717) is 5.69 Å². The summed E-state index contributed by atoms with van der Waals surface area (Å²) in [4.78, 5) is 22.4. The number of rotatable bonds is 3. The topological polar surface area (TPSA) is 78.4 Å². The van der Waals surface area contributed by atoms with Crippen LogP contribution in [0.5, 0.6) is 0 Å². The Hall–Kier alpha value is -2.16. The number of amides is 2. The lowest BCUT2D eigenvalue weighted by atomic mass is 10.2. The number of urea groups is 1. The average Bonchev–Trinajstić information content (AvgIpc) is 2.43. The van der Waals surface area contributed by atoms with Crippen molar-refractivity contribution in [3.05, 3.63) is 57.4 Å². The number of hydrogen-bond acceptors (Lipinski definition) is 2. The van der Waals surface area contributed by atoms with Gasteiger partial charge in [0.1, 0.15) is 5.82 Å². The molecule has 5 nitrogen and oxygen atoms in total. The van der Waals surface area contributed by atoms with Crippen LogP contribution in [0.4, 0.5) is 20.6 Å². The van der Waals surface area contributed by atoms with Crippen LogP contribution in [0.15, 0.2) is 42.5 Å². The average molecular weight is 400 g/mol. The lowest BCUT2D eigenvalue weighted by molar-refractivity contribution is 0.0696. The lowest BCUT2D eigenvalue weighted by Gasteiger charge is -2.09. The Morgan fingerprint density at radius 1 is 1.05 bits per heavy atom. The van der Waals surface area contributed by atoms with Crippen molar-refractivity contribution >= 4 is 46.0 Å². The Labute approximate surface area is 133 Å². The Morgan fingerprint density at radius 3 is 2.29 bits per heavy atom. The van der Waals surface area contributed by atoms with E-state index in [9.17, 15) is 14.0 Å². The highest BCUT2D eigenvalue weighted by molar-refractivity contribution is 14.1. The second kappa shape index (κ2) is 6.53. The summed E-state index contributed by atoms with van der Waals surface area (Å²) in [6.45, 7) is 0. The molecule has 108 valence electrons. The van der Waals surface area contributed by atoms with Crippen molar-refractivity contribution in [1.29, 1.82) is 0 Å². The molecule has 0 unspecified atom stereocenters. The summed E-state index contributed by atoms with van der Waals surface area (Å²) in [6, 6.07) is 9.71. The van der Waals surface area contributed by atoms with E-state index in [1.807, 2.05) is 12.1 Å². The number of carbonyl (C=O) groups excluding carboxylic acids is 1. The first-order chi connectivity index (χ1) is 9.95. The molecule has 2 rings (SSSR count). The molecule has 0 bridgehead atoms. The van der Waals surface area contributed by atoms with Crippen LogP contribution >= 0.6 is 22.6 Å². The molecule has 7 heteroatoms. The van der Waals surface area contributed by atoms with Crippen LogP contribution in [-0.2, 0) is 0 Å². The van der Waals surface area contributed by atoms with E-state index in [0.717, 1.165) is 9.64 Å². The van der Waals surface area contributed by atoms with E-state index in [1.165, 1.54) is 12.1 Å². The summed E-state index contributed by atoms with van der Waals surface area (Å²) in [5, 5.41) is 13.6. The van der Waals surface area contributed by atoms with Gasteiger partial charge in [-0.1, -0.05) is 0 Å². The number of benzene rings is 2.